The topological polar surface area (TPSA) is 17.1 Å². The molecule has 0 heterocycles. The number of aryl methyl sites for hydroxylation is 1. The van der Waals surface area contributed by atoms with Crippen LogP contribution in [0.4, 0.5) is 0 Å². The number of carbonyl (C=O) groups excluding carboxylic acids is 1. The van der Waals surface area contributed by atoms with Gasteiger partial charge in [-0.15, -0.1) is 0 Å². The van der Waals surface area contributed by atoms with E-state index in [-0.39, 0.29) is 11.7 Å². The molecule has 0 radical (unpaired) electrons. The highest BCUT2D eigenvalue weighted by Crippen LogP contribution is 2.36. The summed E-state index contributed by atoms with van der Waals surface area (Å²) in [5, 5.41) is 0. The molecule has 1 nitrogen and oxygen atoms in total. The Hall–Kier alpha value is -1.37. The fourth-order valence-electron chi connectivity index (χ4n) is 3.41. The molecule has 1 aromatic rings. The Morgan fingerprint density at radius 1 is 1.14 bits per heavy atom. The molecule has 21 heavy (non-hydrogen) atoms. The summed E-state index contributed by atoms with van der Waals surface area (Å²) >= 11 is 0. The number of rotatable bonds is 7. The lowest BCUT2D eigenvalue weighted by atomic mass is 9.77. The predicted molar refractivity (Wildman–Crippen MR) is 89.6 cm³/mol. The third-order valence-electron chi connectivity index (χ3n) is 4.85. The molecule has 114 valence electrons. The maximum absolute atomic E-state index is 11.7. The van der Waals surface area contributed by atoms with Crippen molar-refractivity contribution in [3.8, 4) is 0 Å². The smallest absolute Gasteiger partial charge is 0.158 e. The van der Waals surface area contributed by atoms with Crippen LogP contribution in [0.15, 0.2) is 36.9 Å². The second-order valence-electron chi connectivity index (χ2n) is 6.35. The Balaban J connectivity index is 1.86. The monoisotopic (exact) mass is 284 g/mol. The van der Waals surface area contributed by atoms with Gasteiger partial charge in [0.1, 0.15) is 0 Å². The van der Waals surface area contributed by atoms with E-state index in [1.807, 2.05) is 0 Å². The molecular formula is C20H28O. The second-order valence-corrected chi connectivity index (χ2v) is 6.35. The van der Waals surface area contributed by atoms with Gasteiger partial charge in [0.15, 0.2) is 5.78 Å². The van der Waals surface area contributed by atoms with Crippen molar-refractivity contribution in [1.82, 2.24) is 0 Å². The van der Waals surface area contributed by atoms with Crippen LogP contribution in [0.5, 0.6) is 0 Å². The second kappa shape index (κ2) is 8.17. The first kappa shape index (κ1) is 16.0. The van der Waals surface area contributed by atoms with Crippen molar-refractivity contribution in [2.45, 2.75) is 64.2 Å². The Morgan fingerprint density at radius 3 is 2.38 bits per heavy atom. The molecule has 2 rings (SSSR count). The van der Waals surface area contributed by atoms with Gasteiger partial charge in [-0.25, -0.2) is 0 Å². The van der Waals surface area contributed by atoms with Gasteiger partial charge in [0.05, 0.1) is 0 Å². The molecular weight excluding hydrogens is 256 g/mol. The average molecular weight is 284 g/mol. The molecule has 0 amide bonds. The van der Waals surface area contributed by atoms with Crippen molar-refractivity contribution >= 4 is 5.78 Å². The third-order valence-corrected chi connectivity index (χ3v) is 4.85. The van der Waals surface area contributed by atoms with E-state index in [0.29, 0.717) is 5.92 Å². The number of benzene rings is 1. The molecule has 0 N–H and O–H groups in total. The van der Waals surface area contributed by atoms with Crippen LogP contribution < -0.4 is 0 Å². The molecule has 1 saturated carbocycles. The first-order valence-electron chi connectivity index (χ1n) is 8.49. The van der Waals surface area contributed by atoms with E-state index in [9.17, 15) is 4.79 Å². The summed E-state index contributed by atoms with van der Waals surface area (Å²) in [6.07, 6.45) is 10.9. The van der Waals surface area contributed by atoms with E-state index in [4.69, 9.17) is 0 Å². The van der Waals surface area contributed by atoms with Gasteiger partial charge in [0.25, 0.3) is 0 Å². The van der Waals surface area contributed by atoms with E-state index >= 15 is 0 Å². The summed E-state index contributed by atoms with van der Waals surface area (Å²) in [4.78, 5) is 11.7. The van der Waals surface area contributed by atoms with Crippen molar-refractivity contribution in [1.29, 1.82) is 0 Å². The molecule has 0 aliphatic heterocycles. The summed E-state index contributed by atoms with van der Waals surface area (Å²) < 4.78 is 0. The molecule has 0 aromatic heterocycles. The van der Waals surface area contributed by atoms with E-state index in [1.54, 1.807) is 0 Å². The molecule has 0 atom stereocenters. The van der Waals surface area contributed by atoms with Crippen LogP contribution in [0.3, 0.4) is 0 Å². The van der Waals surface area contributed by atoms with E-state index in [0.717, 1.165) is 25.7 Å². The zero-order valence-electron chi connectivity index (χ0n) is 13.3. The van der Waals surface area contributed by atoms with Crippen molar-refractivity contribution in [2.24, 2.45) is 5.92 Å². The van der Waals surface area contributed by atoms with Crippen LogP contribution in [-0.4, -0.2) is 5.78 Å². The van der Waals surface area contributed by atoms with Gasteiger partial charge in [-0.2, -0.15) is 0 Å². The van der Waals surface area contributed by atoms with Gasteiger partial charge >= 0.3 is 0 Å². The molecule has 0 spiro atoms. The fourth-order valence-corrected chi connectivity index (χ4v) is 3.41. The lowest BCUT2D eigenvalue weighted by molar-refractivity contribution is -0.119. The van der Waals surface area contributed by atoms with E-state index < -0.39 is 0 Å². The van der Waals surface area contributed by atoms with Gasteiger partial charge in [-0.1, -0.05) is 50.6 Å². The number of hydrogen-bond acceptors (Lipinski definition) is 1. The zero-order chi connectivity index (χ0) is 15.1. The lowest BCUT2D eigenvalue weighted by Crippen LogP contribution is -2.19. The molecule has 0 bridgehead atoms. The van der Waals surface area contributed by atoms with Gasteiger partial charge < -0.3 is 0 Å². The van der Waals surface area contributed by atoms with Gasteiger partial charge in [-0.3, -0.25) is 4.79 Å². The van der Waals surface area contributed by atoms with E-state index in [1.165, 1.54) is 42.9 Å². The average Bonchev–Trinajstić information content (AvgIpc) is 2.55. The summed E-state index contributed by atoms with van der Waals surface area (Å²) in [6, 6.07) is 9.21. The predicted octanol–water partition coefficient (Wildman–Crippen LogP) is 5.45. The number of ketones is 1. The molecule has 0 saturated heterocycles. The highest BCUT2D eigenvalue weighted by Gasteiger charge is 2.25. The highest BCUT2D eigenvalue weighted by molar-refractivity contribution is 5.91. The molecule has 1 aromatic carbocycles. The molecule has 1 aliphatic carbocycles. The number of hydrogen-bond donors (Lipinski definition) is 0. The summed E-state index contributed by atoms with van der Waals surface area (Å²) in [6.45, 7) is 5.85. The standard InChI is InChI=1S/C20H28O/c1-3-5-6-7-16-8-10-17(11-9-16)18-12-14-19(15-13-18)20(21)4-2/h4,8-11,18-19H,2-3,5-7,12-15H2,1H3. The molecule has 1 fully saturated rings. The SMILES string of the molecule is C=CC(=O)C1CCC(c2ccc(CCCCC)cc2)CC1. The van der Waals surface area contributed by atoms with Crippen LogP contribution in [0.1, 0.15) is 68.9 Å². The third kappa shape index (κ3) is 4.56. The number of allylic oxidation sites excluding steroid dienone is 1. The van der Waals surface area contributed by atoms with Crippen molar-refractivity contribution in [2.75, 3.05) is 0 Å². The Bertz CT molecular complexity index is 449. The number of carbonyl (C=O) groups is 1. The highest BCUT2D eigenvalue weighted by atomic mass is 16.1. The van der Waals surface area contributed by atoms with Crippen molar-refractivity contribution in [3.05, 3.63) is 48.0 Å². The molecule has 1 aliphatic rings. The van der Waals surface area contributed by atoms with Crippen LogP contribution in [0.2, 0.25) is 0 Å². The maximum Gasteiger partial charge on any atom is 0.158 e. The van der Waals surface area contributed by atoms with Crippen molar-refractivity contribution in [3.63, 3.8) is 0 Å². The fraction of sp³-hybridized carbons (Fsp3) is 0.550. The first-order chi connectivity index (χ1) is 10.2. The summed E-state index contributed by atoms with van der Waals surface area (Å²) in [7, 11) is 0. The Labute approximate surface area is 129 Å². The minimum absolute atomic E-state index is 0.229. The normalized spacial score (nSPS) is 22.0. The Kier molecular flexibility index (Phi) is 6.22. The number of unbranched alkanes of at least 4 members (excludes halogenated alkanes) is 2. The largest absolute Gasteiger partial charge is 0.295 e. The Morgan fingerprint density at radius 2 is 1.81 bits per heavy atom. The van der Waals surface area contributed by atoms with Crippen molar-refractivity contribution < 1.29 is 4.79 Å². The minimum Gasteiger partial charge on any atom is -0.295 e. The first-order valence-corrected chi connectivity index (χ1v) is 8.49. The zero-order valence-corrected chi connectivity index (χ0v) is 13.3. The lowest BCUT2D eigenvalue weighted by Gasteiger charge is -2.27. The van der Waals surface area contributed by atoms with Crippen LogP contribution >= 0.6 is 0 Å². The summed E-state index contributed by atoms with van der Waals surface area (Å²) in [5.41, 5.74) is 2.92. The van der Waals surface area contributed by atoms with Crippen LogP contribution in [0, 0.1) is 5.92 Å². The summed E-state index contributed by atoms with van der Waals surface area (Å²) in [5.74, 6) is 1.11. The van der Waals surface area contributed by atoms with Crippen LogP contribution in [0.25, 0.3) is 0 Å². The molecule has 0 unspecified atom stereocenters. The van der Waals surface area contributed by atoms with Crippen LogP contribution in [-0.2, 0) is 11.2 Å². The molecule has 1 heteroatoms. The van der Waals surface area contributed by atoms with Gasteiger partial charge in [0.2, 0.25) is 0 Å². The quantitative estimate of drug-likeness (QED) is 0.481. The maximum atomic E-state index is 11.7. The van der Waals surface area contributed by atoms with E-state index in [2.05, 4.69) is 37.8 Å². The minimum atomic E-state index is 0.229. The van der Waals surface area contributed by atoms with Gasteiger partial charge in [-0.05, 0) is 61.6 Å². The van der Waals surface area contributed by atoms with Gasteiger partial charge in [0, 0.05) is 5.92 Å².